The molecule has 0 saturated carbocycles. The van der Waals surface area contributed by atoms with Gasteiger partial charge in [-0.25, -0.2) is 4.99 Å². The maximum Gasteiger partial charge on any atom is 0.223 e. The zero-order chi connectivity index (χ0) is 14.8. The molecule has 2 aliphatic rings. The van der Waals surface area contributed by atoms with Crippen molar-refractivity contribution in [2.75, 3.05) is 27.2 Å². The smallest absolute Gasteiger partial charge is 0.223 e. The zero-order valence-electron chi connectivity index (χ0n) is 12.6. The number of fused-ring (bicyclic) bond motifs is 1. The van der Waals surface area contributed by atoms with Gasteiger partial charge < -0.3 is 9.80 Å². The van der Waals surface area contributed by atoms with Crippen LogP contribution in [0.2, 0.25) is 0 Å². The molecule has 1 unspecified atom stereocenters. The first-order valence-electron chi connectivity index (χ1n) is 7.44. The van der Waals surface area contributed by atoms with Crippen molar-refractivity contribution in [1.82, 2.24) is 9.80 Å². The Hall–Kier alpha value is -1.49. The number of benzene rings is 1. The molecule has 4 nitrogen and oxygen atoms in total. The highest BCUT2D eigenvalue weighted by Crippen LogP contribution is 2.44. The number of amidine groups is 1. The van der Waals surface area contributed by atoms with E-state index in [4.69, 9.17) is 4.99 Å². The van der Waals surface area contributed by atoms with Crippen molar-refractivity contribution in [3.8, 4) is 0 Å². The minimum Gasteiger partial charge on any atom is -0.351 e. The Kier molecular flexibility index (Phi) is 4.19. The second kappa shape index (κ2) is 6.10. The van der Waals surface area contributed by atoms with Crippen LogP contribution in [0.25, 0.3) is 0 Å². The van der Waals surface area contributed by atoms with E-state index in [2.05, 4.69) is 17.0 Å². The summed E-state index contributed by atoms with van der Waals surface area (Å²) in [5, 5.41) is 1.26. The summed E-state index contributed by atoms with van der Waals surface area (Å²) in [6, 6.07) is 8.20. The van der Waals surface area contributed by atoms with Crippen LogP contribution in [0.1, 0.15) is 30.1 Å². The van der Waals surface area contributed by atoms with Crippen molar-refractivity contribution < 1.29 is 4.79 Å². The Morgan fingerprint density at radius 3 is 2.76 bits per heavy atom. The van der Waals surface area contributed by atoms with Crippen molar-refractivity contribution in [2.24, 2.45) is 4.99 Å². The van der Waals surface area contributed by atoms with Gasteiger partial charge in [0, 0.05) is 38.9 Å². The second-order valence-corrected chi connectivity index (χ2v) is 6.92. The number of rotatable bonds is 2. The zero-order valence-corrected chi connectivity index (χ0v) is 13.4. The van der Waals surface area contributed by atoms with Gasteiger partial charge in [0.05, 0.1) is 5.69 Å². The molecule has 112 valence electrons. The average molecular weight is 303 g/mol. The lowest BCUT2D eigenvalue weighted by atomic mass is 10.1. The molecular weight excluding hydrogens is 282 g/mol. The van der Waals surface area contributed by atoms with Crippen LogP contribution in [0.5, 0.6) is 0 Å². The quantitative estimate of drug-likeness (QED) is 0.842. The monoisotopic (exact) mass is 303 g/mol. The van der Waals surface area contributed by atoms with Gasteiger partial charge in [0.15, 0.2) is 5.17 Å². The number of thioether (sulfide) groups is 1. The average Bonchev–Trinajstić information content (AvgIpc) is 3.01. The summed E-state index contributed by atoms with van der Waals surface area (Å²) in [4.78, 5) is 20.9. The summed E-state index contributed by atoms with van der Waals surface area (Å²) in [6.45, 7) is 2.17. The second-order valence-electron chi connectivity index (χ2n) is 5.75. The molecule has 1 aromatic rings. The summed E-state index contributed by atoms with van der Waals surface area (Å²) < 4.78 is 0. The molecule has 2 heterocycles. The predicted octanol–water partition coefficient (Wildman–Crippen LogP) is 3.04. The molecule has 3 rings (SSSR count). The molecule has 2 aliphatic heterocycles. The number of aliphatic imine (C=N–C) groups is 1. The maximum absolute atomic E-state index is 12.1. The van der Waals surface area contributed by atoms with Crippen molar-refractivity contribution in [1.29, 1.82) is 0 Å². The lowest BCUT2D eigenvalue weighted by Gasteiger charge is -2.29. The third kappa shape index (κ3) is 3.07. The van der Waals surface area contributed by atoms with Gasteiger partial charge in [-0.3, -0.25) is 4.79 Å². The molecule has 0 radical (unpaired) electrons. The van der Waals surface area contributed by atoms with Crippen molar-refractivity contribution >= 4 is 28.5 Å². The Bertz CT molecular complexity index is 564. The number of hydrogen-bond donors (Lipinski definition) is 0. The summed E-state index contributed by atoms with van der Waals surface area (Å²) in [7, 11) is 3.63. The van der Waals surface area contributed by atoms with Crippen LogP contribution in [0.15, 0.2) is 29.3 Å². The van der Waals surface area contributed by atoms with Crippen molar-refractivity contribution in [2.45, 2.75) is 24.5 Å². The number of likely N-dealkylation sites (tertiary alicyclic amines) is 1. The van der Waals surface area contributed by atoms with Crippen LogP contribution in [0.3, 0.4) is 0 Å². The van der Waals surface area contributed by atoms with Crippen molar-refractivity contribution in [3.63, 3.8) is 0 Å². The molecule has 5 heteroatoms. The highest BCUT2D eigenvalue weighted by atomic mass is 32.2. The highest BCUT2D eigenvalue weighted by molar-refractivity contribution is 8.14. The van der Waals surface area contributed by atoms with Gasteiger partial charge in [-0.2, -0.15) is 0 Å². The first-order valence-corrected chi connectivity index (χ1v) is 8.32. The molecular formula is C16H21N3OS. The van der Waals surface area contributed by atoms with E-state index in [1.54, 1.807) is 16.7 Å². The minimum absolute atomic E-state index is 0.171. The first kappa shape index (κ1) is 14.4. The summed E-state index contributed by atoms with van der Waals surface area (Å²) in [6.07, 6.45) is 3.01. The Morgan fingerprint density at radius 1 is 1.33 bits per heavy atom. The minimum atomic E-state index is 0.171. The molecule has 1 aromatic carbocycles. The fourth-order valence-corrected chi connectivity index (χ4v) is 4.02. The van der Waals surface area contributed by atoms with E-state index >= 15 is 0 Å². The van der Waals surface area contributed by atoms with E-state index in [0.29, 0.717) is 6.42 Å². The number of carbonyl (C=O) groups excluding carboxylic acids is 1. The number of para-hydroxylation sites is 1. The van der Waals surface area contributed by atoms with Gasteiger partial charge in [0.2, 0.25) is 5.91 Å². The van der Waals surface area contributed by atoms with E-state index in [1.165, 1.54) is 18.4 Å². The molecule has 1 fully saturated rings. The fraction of sp³-hybridized carbons (Fsp3) is 0.500. The van der Waals surface area contributed by atoms with Crippen LogP contribution in [0.4, 0.5) is 5.69 Å². The fourth-order valence-electron chi connectivity index (χ4n) is 2.73. The largest absolute Gasteiger partial charge is 0.351 e. The number of carbonyl (C=O) groups is 1. The van der Waals surface area contributed by atoms with Gasteiger partial charge in [-0.1, -0.05) is 30.0 Å². The maximum atomic E-state index is 12.1. The van der Waals surface area contributed by atoms with Gasteiger partial charge in [-0.15, -0.1) is 0 Å². The predicted molar refractivity (Wildman–Crippen MR) is 88.0 cm³/mol. The first-order chi connectivity index (χ1) is 10.1. The summed E-state index contributed by atoms with van der Waals surface area (Å²) in [5.41, 5.74) is 2.20. The highest BCUT2D eigenvalue weighted by Gasteiger charge is 2.29. The SMILES string of the molecule is CN(C)C(=O)CC1SC(N2CCCC2)=Nc2ccccc21. The van der Waals surface area contributed by atoms with Gasteiger partial charge in [-0.05, 0) is 24.5 Å². The lowest BCUT2D eigenvalue weighted by molar-refractivity contribution is -0.128. The van der Waals surface area contributed by atoms with Gasteiger partial charge in [0.1, 0.15) is 0 Å². The van der Waals surface area contributed by atoms with Gasteiger partial charge >= 0.3 is 0 Å². The Morgan fingerprint density at radius 2 is 2.05 bits per heavy atom. The number of amides is 1. The molecule has 0 N–H and O–H groups in total. The van der Waals surface area contributed by atoms with E-state index in [9.17, 15) is 4.79 Å². The van der Waals surface area contributed by atoms with Crippen LogP contribution in [0, 0.1) is 0 Å². The molecule has 1 saturated heterocycles. The molecule has 0 spiro atoms. The van der Waals surface area contributed by atoms with Gasteiger partial charge in [0.25, 0.3) is 0 Å². The lowest BCUT2D eigenvalue weighted by Crippen LogP contribution is -2.29. The van der Waals surface area contributed by atoms with Crippen LogP contribution >= 0.6 is 11.8 Å². The third-order valence-electron chi connectivity index (χ3n) is 3.98. The summed E-state index contributed by atoms with van der Waals surface area (Å²) >= 11 is 1.75. The molecule has 0 aromatic heterocycles. The van der Waals surface area contributed by atoms with E-state index < -0.39 is 0 Å². The molecule has 0 aliphatic carbocycles. The van der Waals surface area contributed by atoms with Crippen LogP contribution in [-0.4, -0.2) is 48.1 Å². The van der Waals surface area contributed by atoms with Crippen LogP contribution < -0.4 is 0 Å². The molecule has 1 amide bonds. The Labute approximate surface area is 130 Å². The third-order valence-corrected chi connectivity index (χ3v) is 5.25. The van der Waals surface area contributed by atoms with Crippen LogP contribution in [-0.2, 0) is 4.79 Å². The van der Waals surface area contributed by atoms with E-state index in [0.717, 1.165) is 23.9 Å². The molecule has 21 heavy (non-hydrogen) atoms. The normalized spacial score (nSPS) is 21.0. The molecule has 0 bridgehead atoms. The topological polar surface area (TPSA) is 35.9 Å². The van der Waals surface area contributed by atoms with Crippen molar-refractivity contribution in [3.05, 3.63) is 29.8 Å². The Balaban J connectivity index is 1.87. The standard InChI is InChI=1S/C16H21N3OS/c1-18(2)15(20)11-14-12-7-3-4-8-13(12)17-16(21-14)19-9-5-6-10-19/h3-4,7-8,14H,5-6,9-11H2,1-2H3. The summed E-state index contributed by atoms with van der Waals surface area (Å²) in [5.74, 6) is 0.171. The van der Waals surface area contributed by atoms with E-state index in [-0.39, 0.29) is 11.2 Å². The van der Waals surface area contributed by atoms with E-state index in [1.807, 2.05) is 26.2 Å². The number of hydrogen-bond acceptors (Lipinski definition) is 4. The number of nitrogens with zero attached hydrogens (tertiary/aromatic N) is 3. The molecule has 1 atom stereocenters.